The zero-order chi connectivity index (χ0) is 21.8. The molecule has 1 fully saturated rings. The van der Waals surface area contributed by atoms with Crippen molar-refractivity contribution in [2.45, 2.75) is 6.54 Å². The van der Waals surface area contributed by atoms with Crippen LogP contribution >= 0.6 is 11.6 Å². The Morgan fingerprint density at radius 2 is 1.71 bits per heavy atom. The molecule has 0 spiro atoms. The highest BCUT2D eigenvalue weighted by Gasteiger charge is 2.20. The van der Waals surface area contributed by atoms with Crippen LogP contribution in [0.4, 0.5) is 5.69 Å². The number of hydrogen-bond acceptors (Lipinski definition) is 4. The molecule has 1 aliphatic heterocycles. The zero-order valence-corrected chi connectivity index (χ0v) is 18.2. The number of halogens is 1. The van der Waals surface area contributed by atoms with Crippen LogP contribution in [0.5, 0.6) is 5.75 Å². The van der Waals surface area contributed by atoms with Crippen LogP contribution in [0, 0.1) is 0 Å². The molecular weight excluding hydrogens is 412 g/mol. The predicted molar refractivity (Wildman–Crippen MR) is 124 cm³/mol. The molecule has 3 aromatic rings. The van der Waals surface area contributed by atoms with Crippen molar-refractivity contribution in [2.75, 3.05) is 38.2 Å². The maximum absolute atomic E-state index is 11.3. The molecule has 4 rings (SSSR count). The minimum absolute atomic E-state index is 0.184. The second-order valence-corrected chi connectivity index (χ2v) is 8.05. The monoisotopic (exact) mass is 436 g/mol. The van der Waals surface area contributed by atoms with Crippen LogP contribution in [0.1, 0.15) is 15.9 Å². The number of rotatable bonds is 6. The fourth-order valence-electron chi connectivity index (χ4n) is 4.03. The van der Waals surface area contributed by atoms with Gasteiger partial charge in [-0.1, -0.05) is 48.0 Å². The second kappa shape index (κ2) is 9.41. The number of piperazine rings is 1. The fourth-order valence-corrected chi connectivity index (χ4v) is 4.15. The van der Waals surface area contributed by atoms with Crippen LogP contribution in [-0.4, -0.2) is 49.3 Å². The molecule has 1 N–H and O–H groups in total. The number of carbonyl (C=O) groups is 1. The number of nitrogens with zero attached hydrogens (tertiary/aromatic N) is 2. The number of carboxylic acids is 1. The second-order valence-electron chi connectivity index (χ2n) is 7.62. The molecule has 31 heavy (non-hydrogen) atoms. The van der Waals surface area contributed by atoms with E-state index in [1.54, 1.807) is 6.07 Å². The van der Waals surface area contributed by atoms with E-state index < -0.39 is 5.97 Å². The molecule has 0 atom stereocenters. The lowest BCUT2D eigenvalue weighted by molar-refractivity contribution is 0.0693. The number of methoxy groups -OCH3 is 1. The summed E-state index contributed by atoms with van der Waals surface area (Å²) in [4.78, 5) is 16.1. The molecule has 1 heterocycles. The maximum atomic E-state index is 11.3. The van der Waals surface area contributed by atoms with Gasteiger partial charge in [-0.15, -0.1) is 0 Å². The molecule has 1 aliphatic rings. The van der Waals surface area contributed by atoms with Gasteiger partial charge in [0.15, 0.2) is 0 Å². The third-order valence-corrected chi connectivity index (χ3v) is 5.97. The van der Waals surface area contributed by atoms with Gasteiger partial charge in [0, 0.05) is 49.5 Å². The summed E-state index contributed by atoms with van der Waals surface area (Å²) in [5, 5.41) is 10.0. The third-order valence-electron chi connectivity index (χ3n) is 5.72. The molecule has 0 unspecified atom stereocenters. The number of hydrogen-bond donors (Lipinski definition) is 1. The van der Waals surface area contributed by atoms with Crippen LogP contribution in [0.25, 0.3) is 11.1 Å². The molecule has 0 aromatic heterocycles. The van der Waals surface area contributed by atoms with Gasteiger partial charge in [-0.2, -0.15) is 0 Å². The van der Waals surface area contributed by atoms with E-state index >= 15 is 0 Å². The lowest BCUT2D eigenvalue weighted by Gasteiger charge is -2.36. The van der Waals surface area contributed by atoms with Crippen molar-refractivity contribution in [3.05, 3.63) is 82.9 Å². The molecule has 160 valence electrons. The van der Waals surface area contributed by atoms with Gasteiger partial charge in [-0.3, -0.25) is 4.90 Å². The summed E-state index contributed by atoms with van der Waals surface area (Å²) in [7, 11) is 1.50. The number of ether oxygens (including phenoxy) is 1. The highest BCUT2D eigenvalue weighted by Crippen LogP contribution is 2.29. The van der Waals surface area contributed by atoms with Gasteiger partial charge < -0.3 is 14.7 Å². The predicted octanol–water partition coefficient (Wildman–Crippen LogP) is 5.04. The normalized spacial score (nSPS) is 14.5. The Labute approximate surface area is 187 Å². The largest absolute Gasteiger partial charge is 0.496 e. The Balaban J connectivity index is 1.44. The average Bonchev–Trinajstić information content (AvgIpc) is 2.80. The van der Waals surface area contributed by atoms with Crippen LogP contribution in [0.2, 0.25) is 5.02 Å². The van der Waals surface area contributed by atoms with Crippen molar-refractivity contribution in [2.24, 2.45) is 0 Å². The Hall–Kier alpha value is -3.02. The van der Waals surface area contributed by atoms with E-state index in [0.29, 0.717) is 5.75 Å². The average molecular weight is 437 g/mol. The van der Waals surface area contributed by atoms with Crippen molar-refractivity contribution in [3.8, 4) is 16.9 Å². The van der Waals surface area contributed by atoms with Crippen LogP contribution < -0.4 is 9.64 Å². The fraction of sp³-hybridized carbons (Fsp3) is 0.240. The van der Waals surface area contributed by atoms with E-state index in [-0.39, 0.29) is 5.56 Å². The number of benzene rings is 3. The van der Waals surface area contributed by atoms with Gasteiger partial charge in [-0.25, -0.2) is 4.79 Å². The van der Waals surface area contributed by atoms with E-state index in [1.165, 1.54) is 23.8 Å². The quantitative estimate of drug-likeness (QED) is 0.587. The van der Waals surface area contributed by atoms with Crippen LogP contribution in [0.3, 0.4) is 0 Å². The van der Waals surface area contributed by atoms with Gasteiger partial charge in [0.2, 0.25) is 0 Å². The summed E-state index contributed by atoms with van der Waals surface area (Å²) >= 11 is 6.05. The molecule has 0 bridgehead atoms. The first-order valence-electron chi connectivity index (χ1n) is 10.3. The maximum Gasteiger partial charge on any atom is 0.339 e. The highest BCUT2D eigenvalue weighted by atomic mass is 35.5. The van der Waals surface area contributed by atoms with Crippen molar-refractivity contribution in [1.29, 1.82) is 0 Å². The van der Waals surface area contributed by atoms with Gasteiger partial charge in [-0.05, 0) is 41.0 Å². The highest BCUT2D eigenvalue weighted by molar-refractivity contribution is 6.30. The topological polar surface area (TPSA) is 53.0 Å². The van der Waals surface area contributed by atoms with Crippen molar-refractivity contribution < 1.29 is 14.6 Å². The van der Waals surface area contributed by atoms with Crippen molar-refractivity contribution in [3.63, 3.8) is 0 Å². The minimum atomic E-state index is -0.979. The first-order valence-corrected chi connectivity index (χ1v) is 10.7. The molecule has 0 aliphatic carbocycles. The summed E-state index contributed by atoms with van der Waals surface area (Å²) in [6.45, 7) is 4.49. The Kier molecular flexibility index (Phi) is 6.44. The molecule has 0 saturated carbocycles. The summed E-state index contributed by atoms with van der Waals surface area (Å²) in [6.07, 6.45) is 0. The Morgan fingerprint density at radius 1 is 1.00 bits per heavy atom. The first kappa shape index (κ1) is 21.2. The zero-order valence-electron chi connectivity index (χ0n) is 17.4. The minimum Gasteiger partial charge on any atom is -0.496 e. The van der Waals surface area contributed by atoms with Gasteiger partial charge in [0.25, 0.3) is 0 Å². The molecular formula is C25H25ClN2O3. The van der Waals surface area contributed by atoms with E-state index in [4.69, 9.17) is 16.3 Å². The Morgan fingerprint density at radius 3 is 2.39 bits per heavy atom. The van der Waals surface area contributed by atoms with Crippen molar-refractivity contribution in [1.82, 2.24) is 4.90 Å². The summed E-state index contributed by atoms with van der Waals surface area (Å²) in [5.41, 5.74) is 4.87. The molecule has 0 amide bonds. The summed E-state index contributed by atoms with van der Waals surface area (Å²) < 4.78 is 5.27. The van der Waals surface area contributed by atoms with Crippen LogP contribution in [-0.2, 0) is 6.54 Å². The standard InChI is InChI=1S/C25H25ClN2O3/c1-31-24-16-21(10-11-23(24)25(29)30)28-14-12-27(13-15-28)17-19-4-2-3-5-22(19)18-6-8-20(26)9-7-18/h2-11,16H,12-15,17H2,1H3,(H,29,30). The smallest absolute Gasteiger partial charge is 0.339 e. The van der Waals surface area contributed by atoms with E-state index in [9.17, 15) is 9.90 Å². The number of aromatic carboxylic acids is 1. The number of anilines is 1. The summed E-state index contributed by atoms with van der Waals surface area (Å²) in [6, 6.07) is 21.8. The van der Waals surface area contributed by atoms with Crippen LogP contribution in [0.15, 0.2) is 66.7 Å². The van der Waals surface area contributed by atoms with Gasteiger partial charge in [0.1, 0.15) is 11.3 Å². The third kappa shape index (κ3) is 4.84. The SMILES string of the molecule is COc1cc(N2CCN(Cc3ccccc3-c3ccc(Cl)cc3)CC2)ccc1C(=O)O. The molecule has 5 nitrogen and oxygen atoms in total. The molecule has 0 radical (unpaired) electrons. The first-order chi connectivity index (χ1) is 15.0. The molecule has 1 saturated heterocycles. The lowest BCUT2D eigenvalue weighted by atomic mass is 9.99. The Bertz CT molecular complexity index is 1060. The molecule has 3 aromatic carbocycles. The summed E-state index contributed by atoms with van der Waals surface area (Å²) in [5.74, 6) is -0.586. The number of carboxylic acid groups (broad SMARTS) is 1. The lowest BCUT2D eigenvalue weighted by Crippen LogP contribution is -2.46. The van der Waals surface area contributed by atoms with E-state index in [0.717, 1.165) is 43.4 Å². The van der Waals surface area contributed by atoms with E-state index in [1.807, 2.05) is 24.3 Å². The van der Waals surface area contributed by atoms with Gasteiger partial charge in [0.05, 0.1) is 7.11 Å². The van der Waals surface area contributed by atoms with Crippen molar-refractivity contribution >= 4 is 23.3 Å². The van der Waals surface area contributed by atoms with E-state index in [2.05, 4.69) is 46.2 Å². The molecule has 6 heteroatoms. The van der Waals surface area contributed by atoms with Gasteiger partial charge >= 0.3 is 5.97 Å².